The summed E-state index contributed by atoms with van der Waals surface area (Å²) < 4.78 is 1.11. The van der Waals surface area contributed by atoms with E-state index in [9.17, 15) is 9.90 Å². The molecule has 102 valence electrons. The molecule has 0 spiro atoms. The van der Waals surface area contributed by atoms with E-state index in [0.717, 1.165) is 28.1 Å². The summed E-state index contributed by atoms with van der Waals surface area (Å²) in [5.74, 6) is -1.09. The van der Waals surface area contributed by atoms with Crippen LogP contribution in [-0.4, -0.2) is 22.6 Å². The molecule has 0 aliphatic carbocycles. The Bertz CT molecular complexity index is 520. The summed E-state index contributed by atoms with van der Waals surface area (Å²) in [5, 5.41) is 10.2. The van der Waals surface area contributed by atoms with Crippen molar-refractivity contribution in [1.82, 2.24) is 4.98 Å². The van der Waals surface area contributed by atoms with Gasteiger partial charge in [-0.15, -0.1) is 11.3 Å². The summed E-state index contributed by atoms with van der Waals surface area (Å²) in [6, 6.07) is 7.89. The van der Waals surface area contributed by atoms with Crippen molar-refractivity contribution in [3.8, 4) is 0 Å². The highest BCUT2D eigenvalue weighted by atomic mass is 32.1. The molecule has 0 aliphatic heterocycles. The molecule has 0 aliphatic rings. The van der Waals surface area contributed by atoms with E-state index < -0.39 is 5.97 Å². The van der Waals surface area contributed by atoms with Crippen molar-refractivity contribution in [3.05, 3.63) is 29.3 Å². The topological polar surface area (TPSA) is 76.2 Å². The van der Waals surface area contributed by atoms with Crippen molar-refractivity contribution in [2.45, 2.75) is 25.7 Å². The zero-order valence-corrected chi connectivity index (χ0v) is 11.5. The van der Waals surface area contributed by atoms with Crippen LogP contribution in [0.25, 0.3) is 10.2 Å². The number of rotatable bonds is 7. The maximum absolute atomic E-state index is 11.3. The lowest BCUT2D eigenvalue weighted by Gasteiger charge is -2.09. The van der Waals surface area contributed by atoms with Crippen molar-refractivity contribution >= 4 is 27.5 Å². The number of aromatic nitrogens is 1. The van der Waals surface area contributed by atoms with E-state index in [1.807, 2.05) is 24.3 Å². The predicted molar refractivity (Wildman–Crippen MR) is 77.4 cm³/mol. The molecular formula is C14H18N2O2S. The van der Waals surface area contributed by atoms with Crippen LogP contribution in [0.15, 0.2) is 24.3 Å². The average molecular weight is 278 g/mol. The molecular weight excluding hydrogens is 260 g/mol. The molecule has 0 saturated carbocycles. The van der Waals surface area contributed by atoms with Crippen LogP contribution in [0, 0.1) is 5.92 Å². The highest BCUT2D eigenvalue weighted by Gasteiger charge is 2.19. The number of fused-ring (bicyclic) bond motifs is 1. The predicted octanol–water partition coefficient (Wildman–Crippen LogP) is 2.67. The molecule has 1 aromatic carbocycles. The van der Waals surface area contributed by atoms with E-state index in [0.29, 0.717) is 19.4 Å². The Hall–Kier alpha value is -1.46. The minimum atomic E-state index is -0.740. The molecule has 0 fully saturated rings. The highest BCUT2D eigenvalue weighted by Crippen LogP contribution is 2.25. The number of carboxylic acid groups (broad SMARTS) is 1. The number of para-hydroxylation sites is 1. The lowest BCUT2D eigenvalue weighted by atomic mass is 9.99. The van der Waals surface area contributed by atoms with Gasteiger partial charge in [-0.25, -0.2) is 4.98 Å². The first-order valence-corrected chi connectivity index (χ1v) is 7.29. The minimum Gasteiger partial charge on any atom is -0.481 e. The maximum atomic E-state index is 11.3. The first kappa shape index (κ1) is 14.0. The molecule has 2 rings (SSSR count). The third-order valence-electron chi connectivity index (χ3n) is 3.12. The molecule has 2 aromatic rings. The zero-order valence-electron chi connectivity index (χ0n) is 10.7. The van der Waals surface area contributed by atoms with E-state index in [1.165, 1.54) is 0 Å². The average Bonchev–Trinajstić information content (AvgIpc) is 2.80. The second kappa shape index (κ2) is 6.63. The Labute approximate surface area is 116 Å². The van der Waals surface area contributed by atoms with Crippen LogP contribution in [0.1, 0.15) is 24.3 Å². The van der Waals surface area contributed by atoms with Crippen LogP contribution in [0.2, 0.25) is 0 Å². The largest absolute Gasteiger partial charge is 0.481 e. The van der Waals surface area contributed by atoms with E-state index in [2.05, 4.69) is 4.98 Å². The van der Waals surface area contributed by atoms with Crippen molar-refractivity contribution in [2.75, 3.05) is 6.54 Å². The van der Waals surface area contributed by atoms with E-state index in [-0.39, 0.29) is 5.92 Å². The molecule has 1 unspecified atom stereocenters. The number of carbonyl (C=O) groups is 1. The number of thiazole rings is 1. The van der Waals surface area contributed by atoms with Gasteiger partial charge < -0.3 is 10.8 Å². The summed E-state index contributed by atoms with van der Waals surface area (Å²) >= 11 is 1.58. The fourth-order valence-electron chi connectivity index (χ4n) is 2.07. The van der Waals surface area contributed by atoms with Crippen molar-refractivity contribution in [3.63, 3.8) is 0 Å². The van der Waals surface area contributed by atoms with Crippen LogP contribution >= 0.6 is 11.3 Å². The molecule has 0 amide bonds. The minimum absolute atomic E-state index is 0.355. The normalized spacial score (nSPS) is 12.7. The molecule has 4 nitrogen and oxygen atoms in total. The second-order valence-electron chi connectivity index (χ2n) is 4.60. The standard InChI is InChI=1S/C14H18N2O2S/c15-8-4-3-5-10(14(17)18)9-13-16-11-6-1-2-7-12(11)19-13/h1-2,6-7,10H,3-5,8-9,15H2,(H,17,18). The monoisotopic (exact) mass is 278 g/mol. The van der Waals surface area contributed by atoms with Gasteiger partial charge in [-0.3, -0.25) is 4.79 Å². The van der Waals surface area contributed by atoms with Gasteiger partial charge in [0.1, 0.15) is 0 Å². The maximum Gasteiger partial charge on any atom is 0.306 e. The second-order valence-corrected chi connectivity index (χ2v) is 5.71. The number of benzene rings is 1. The summed E-state index contributed by atoms with van der Waals surface area (Å²) in [6.07, 6.45) is 2.92. The van der Waals surface area contributed by atoms with Gasteiger partial charge in [-0.2, -0.15) is 0 Å². The van der Waals surface area contributed by atoms with Gasteiger partial charge in [0.25, 0.3) is 0 Å². The molecule has 1 heterocycles. The quantitative estimate of drug-likeness (QED) is 0.763. The third-order valence-corrected chi connectivity index (χ3v) is 4.17. The lowest BCUT2D eigenvalue weighted by molar-refractivity contribution is -0.142. The third kappa shape index (κ3) is 3.75. The first-order valence-electron chi connectivity index (χ1n) is 6.48. The van der Waals surface area contributed by atoms with Gasteiger partial charge in [-0.05, 0) is 31.5 Å². The van der Waals surface area contributed by atoms with Crippen LogP contribution < -0.4 is 5.73 Å². The van der Waals surface area contributed by atoms with E-state index >= 15 is 0 Å². The number of nitrogens with two attached hydrogens (primary N) is 1. The summed E-state index contributed by atoms with van der Waals surface area (Å²) in [7, 11) is 0. The summed E-state index contributed by atoms with van der Waals surface area (Å²) in [4.78, 5) is 15.8. The Morgan fingerprint density at radius 2 is 2.16 bits per heavy atom. The molecule has 0 saturated heterocycles. The molecule has 0 radical (unpaired) electrons. The molecule has 19 heavy (non-hydrogen) atoms. The SMILES string of the molecule is NCCCCC(Cc1nc2ccccc2s1)C(=O)O. The van der Waals surface area contributed by atoms with Gasteiger partial charge in [-0.1, -0.05) is 18.6 Å². The molecule has 3 N–H and O–H groups in total. The number of aliphatic carboxylic acids is 1. The molecule has 1 aromatic heterocycles. The van der Waals surface area contributed by atoms with Crippen molar-refractivity contribution in [1.29, 1.82) is 0 Å². The Morgan fingerprint density at radius 1 is 1.37 bits per heavy atom. The van der Waals surface area contributed by atoms with Gasteiger partial charge >= 0.3 is 5.97 Å². The zero-order chi connectivity index (χ0) is 13.7. The van der Waals surface area contributed by atoms with Crippen LogP contribution in [0.4, 0.5) is 0 Å². The van der Waals surface area contributed by atoms with Crippen molar-refractivity contribution in [2.24, 2.45) is 11.7 Å². The van der Waals surface area contributed by atoms with E-state index in [4.69, 9.17) is 5.73 Å². The number of nitrogens with zero attached hydrogens (tertiary/aromatic N) is 1. The van der Waals surface area contributed by atoms with Gasteiger partial charge in [0, 0.05) is 6.42 Å². The summed E-state index contributed by atoms with van der Waals surface area (Å²) in [6.45, 7) is 0.619. The fraction of sp³-hybridized carbons (Fsp3) is 0.429. The van der Waals surface area contributed by atoms with Crippen molar-refractivity contribution < 1.29 is 9.90 Å². The van der Waals surface area contributed by atoms with E-state index in [1.54, 1.807) is 11.3 Å². The lowest BCUT2D eigenvalue weighted by Crippen LogP contribution is -2.16. The molecule has 1 atom stereocenters. The Balaban J connectivity index is 2.05. The highest BCUT2D eigenvalue weighted by molar-refractivity contribution is 7.18. The number of unbranched alkanes of at least 4 members (excludes halogenated alkanes) is 1. The van der Waals surface area contributed by atoms with Gasteiger partial charge in [0.05, 0.1) is 21.1 Å². The first-order chi connectivity index (χ1) is 9.20. The van der Waals surface area contributed by atoms with Gasteiger partial charge in [0.15, 0.2) is 0 Å². The van der Waals surface area contributed by atoms with Crippen LogP contribution in [0.5, 0.6) is 0 Å². The number of hydrogen-bond acceptors (Lipinski definition) is 4. The number of hydrogen-bond donors (Lipinski definition) is 2. The van der Waals surface area contributed by atoms with Crippen LogP contribution in [0.3, 0.4) is 0 Å². The molecule has 0 bridgehead atoms. The fourth-order valence-corrected chi connectivity index (χ4v) is 3.11. The number of carboxylic acids is 1. The van der Waals surface area contributed by atoms with Crippen LogP contribution in [-0.2, 0) is 11.2 Å². The Kier molecular flexibility index (Phi) is 4.87. The van der Waals surface area contributed by atoms with Gasteiger partial charge in [0.2, 0.25) is 0 Å². The Morgan fingerprint density at radius 3 is 2.84 bits per heavy atom. The summed E-state index contributed by atoms with van der Waals surface area (Å²) in [5.41, 5.74) is 6.39. The molecule has 5 heteroatoms. The smallest absolute Gasteiger partial charge is 0.306 e.